The second-order valence-electron chi connectivity index (χ2n) is 7.03. The van der Waals surface area contributed by atoms with E-state index < -0.39 is 0 Å². The largest absolute Gasteiger partial charge is 0.492 e. The molecule has 0 radical (unpaired) electrons. The molecule has 3 aromatic rings. The van der Waals surface area contributed by atoms with Crippen molar-refractivity contribution in [2.45, 2.75) is 25.3 Å². The summed E-state index contributed by atoms with van der Waals surface area (Å²) in [4.78, 5) is 12.7. The van der Waals surface area contributed by atoms with Crippen LogP contribution in [-0.4, -0.2) is 40.5 Å². The standard InChI is InChI=1S/C22H22FN3O3/c23-15-5-2-14(3-6-15)4-10-18-20-19(26-25-18)11-9-17(21(20)29-13-1-12-27)22(28)24-16-7-8-16/h2-6,9-11,16,27H,1,7-8,12-13H2,(H,24,28)(H,25,26). The number of hydrogen-bond acceptors (Lipinski definition) is 4. The fourth-order valence-electron chi connectivity index (χ4n) is 3.03. The number of nitrogens with one attached hydrogen (secondary N) is 2. The fraction of sp³-hybridized carbons (Fsp3) is 0.273. The summed E-state index contributed by atoms with van der Waals surface area (Å²) in [7, 11) is 0. The SMILES string of the molecule is O=C(NC1CC1)c1ccc2[nH]nc(C=Cc3ccc(F)cc3)c2c1OCCCO. The minimum atomic E-state index is -0.293. The number of amides is 1. The monoisotopic (exact) mass is 395 g/mol. The van der Waals surface area contributed by atoms with E-state index in [1.807, 2.05) is 6.08 Å². The first-order valence-electron chi connectivity index (χ1n) is 9.65. The highest BCUT2D eigenvalue weighted by molar-refractivity contribution is 6.05. The van der Waals surface area contributed by atoms with Gasteiger partial charge in [0.15, 0.2) is 0 Å². The Hall–Kier alpha value is -3.19. The molecule has 1 aliphatic rings. The molecule has 1 saturated carbocycles. The number of halogens is 1. The summed E-state index contributed by atoms with van der Waals surface area (Å²) in [5, 5.41) is 20.1. The molecule has 6 nitrogen and oxygen atoms in total. The van der Waals surface area contributed by atoms with E-state index in [2.05, 4.69) is 15.5 Å². The maximum Gasteiger partial charge on any atom is 0.255 e. The number of fused-ring (bicyclic) bond motifs is 1. The summed E-state index contributed by atoms with van der Waals surface area (Å²) >= 11 is 0. The molecule has 29 heavy (non-hydrogen) atoms. The van der Waals surface area contributed by atoms with Crippen molar-refractivity contribution in [3.63, 3.8) is 0 Å². The second-order valence-corrected chi connectivity index (χ2v) is 7.03. The van der Waals surface area contributed by atoms with Gasteiger partial charge in [-0.2, -0.15) is 5.10 Å². The van der Waals surface area contributed by atoms with E-state index in [1.54, 1.807) is 30.3 Å². The normalized spacial score (nSPS) is 13.9. The van der Waals surface area contributed by atoms with E-state index in [0.29, 0.717) is 28.8 Å². The van der Waals surface area contributed by atoms with Gasteiger partial charge in [0.25, 0.3) is 5.91 Å². The molecule has 1 fully saturated rings. The Morgan fingerprint density at radius 3 is 2.76 bits per heavy atom. The Labute approximate surface area is 167 Å². The minimum absolute atomic E-state index is 0.00228. The molecular formula is C22H22FN3O3. The lowest BCUT2D eigenvalue weighted by molar-refractivity contribution is 0.0947. The lowest BCUT2D eigenvalue weighted by atomic mass is 10.1. The van der Waals surface area contributed by atoms with Gasteiger partial charge in [-0.3, -0.25) is 9.89 Å². The van der Waals surface area contributed by atoms with Gasteiger partial charge in [0.1, 0.15) is 11.6 Å². The Morgan fingerprint density at radius 2 is 2.03 bits per heavy atom. The van der Waals surface area contributed by atoms with Crippen LogP contribution in [0.3, 0.4) is 0 Å². The smallest absolute Gasteiger partial charge is 0.255 e. The molecule has 0 aliphatic heterocycles. The number of carbonyl (C=O) groups is 1. The van der Waals surface area contributed by atoms with Crippen LogP contribution < -0.4 is 10.1 Å². The van der Waals surface area contributed by atoms with Crippen molar-refractivity contribution >= 4 is 29.0 Å². The molecule has 1 amide bonds. The summed E-state index contributed by atoms with van der Waals surface area (Å²) in [6, 6.07) is 9.89. The van der Waals surface area contributed by atoms with Crippen LogP contribution in [0.15, 0.2) is 36.4 Å². The van der Waals surface area contributed by atoms with Crippen molar-refractivity contribution in [1.29, 1.82) is 0 Å². The van der Waals surface area contributed by atoms with Crippen LogP contribution in [0.5, 0.6) is 5.75 Å². The first-order valence-corrected chi connectivity index (χ1v) is 9.65. The summed E-state index contributed by atoms with van der Waals surface area (Å²) < 4.78 is 19.0. The molecule has 0 saturated heterocycles. The van der Waals surface area contributed by atoms with Gasteiger partial charge in [0.2, 0.25) is 0 Å². The fourth-order valence-corrected chi connectivity index (χ4v) is 3.03. The van der Waals surface area contributed by atoms with Gasteiger partial charge >= 0.3 is 0 Å². The summed E-state index contributed by atoms with van der Waals surface area (Å²) in [6.07, 6.45) is 6.06. The van der Waals surface area contributed by atoms with Crippen molar-refractivity contribution in [2.24, 2.45) is 0 Å². The second kappa shape index (κ2) is 8.45. The number of hydrogen-bond donors (Lipinski definition) is 3. The summed E-state index contributed by atoms with van der Waals surface area (Å²) in [5.74, 6) is -0.0251. The molecule has 4 rings (SSSR count). The van der Waals surface area contributed by atoms with E-state index in [9.17, 15) is 9.18 Å². The van der Waals surface area contributed by atoms with Crippen molar-refractivity contribution in [2.75, 3.05) is 13.2 Å². The molecule has 1 aliphatic carbocycles. The lowest BCUT2D eigenvalue weighted by Crippen LogP contribution is -2.26. The van der Waals surface area contributed by atoms with E-state index in [0.717, 1.165) is 23.9 Å². The Balaban J connectivity index is 1.72. The first kappa shape index (κ1) is 19.1. The van der Waals surface area contributed by atoms with Crippen LogP contribution in [0.4, 0.5) is 4.39 Å². The van der Waals surface area contributed by atoms with Crippen LogP contribution in [0.2, 0.25) is 0 Å². The molecule has 7 heteroatoms. The minimum Gasteiger partial charge on any atom is -0.492 e. The van der Waals surface area contributed by atoms with E-state index >= 15 is 0 Å². The van der Waals surface area contributed by atoms with Crippen molar-refractivity contribution < 1.29 is 19.0 Å². The predicted molar refractivity (Wildman–Crippen MR) is 109 cm³/mol. The number of benzene rings is 2. The molecule has 150 valence electrons. The summed E-state index contributed by atoms with van der Waals surface area (Å²) in [6.45, 7) is 0.286. The van der Waals surface area contributed by atoms with E-state index in [1.165, 1.54) is 12.1 Å². The van der Waals surface area contributed by atoms with Gasteiger partial charge < -0.3 is 15.2 Å². The molecule has 0 bridgehead atoms. The highest BCUT2D eigenvalue weighted by atomic mass is 19.1. The average molecular weight is 395 g/mol. The average Bonchev–Trinajstić information content (AvgIpc) is 3.44. The number of H-pyrrole nitrogens is 1. The molecule has 1 aromatic heterocycles. The number of rotatable bonds is 8. The van der Waals surface area contributed by atoms with Crippen molar-refractivity contribution in [3.8, 4) is 5.75 Å². The number of aliphatic hydroxyl groups excluding tert-OH is 1. The van der Waals surface area contributed by atoms with Crippen LogP contribution >= 0.6 is 0 Å². The van der Waals surface area contributed by atoms with Crippen LogP contribution in [-0.2, 0) is 0 Å². The zero-order chi connectivity index (χ0) is 20.2. The Kier molecular flexibility index (Phi) is 5.57. The van der Waals surface area contributed by atoms with Crippen LogP contribution in [0.25, 0.3) is 23.1 Å². The molecule has 0 unspecified atom stereocenters. The highest BCUT2D eigenvalue weighted by Gasteiger charge is 2.26. The van der Waals surface area contributed by atoms with Gasteiger partial charge in [-0.1, -0.05) is 18.2 Å². The van der Waals surface area contributed by atoms with Gasteiger partial charge in [-0.25, -0.2) is 4.39 Å². The number of ether oxygens (including phenoxy) is 1. The Morgan fingerprint density at radius 1 is 1.24 bits per heavy atom. The molecule has 2 aromatic carbocycles. The highest BCUT2D eigenvalue weighted by Crippen LogP contribution is 2.33. The molecule has 1 heterocycles. The predicted octanol–water partition coefficient (Wildman–Crippen LogP) is 3.53. The zero-order valence-electron chi connectivity index (χ0n) is 15.8. The zero-order valence-corrected chi connectivity index (χ0v) is 15.8. The number of nitrogens with zero attached hydrogens (tertiary/aromatic N) is 1. The number of aromatic amines is 1. The molecular weight excluding hydrogens is 373 g/mol. The molecule has 0 atom stereocenters. The summed E-state index contributed by atoms with van der Waals surface area (Å²) in [5.41, 5.74) is 2.63. The van der Waals surface area contributed by atoms with E-state index in [-0.39, 0.29) is 31.0 Å². The van der Waals surface area contributed by atoms with Crippen LogP contribution in [0.1, 0.15) is 40.9 Å². The molecule has 0 spiro atoms. The van der Waals surface area contributed by atoms with Gasteiger partial charge in [0.05, 0.1) is 28.8 Å². The third-order valence-electron chi connectivity index (χ3n) is 4.72. The number of carbonyl (C=O) groups excluding carboxylic acids is 1. The van der Waals surface area contributed by atoms with Crippen LogP contribution in [0, 0.1) is 5.82 Å². The number of aliphatic hydroxyl groups is 1. The quantitative estimate of drug-likeness (QED) is 0.509. The van der Waals surface area contributed by atoms with E-state index in [4.69, 9.17) is 9.84 Å². The maximum absolute atomic E-state index is 13.1. The lowest BCUT2D eigenvalue weighted by Gasteiger charge is -2.13. The van der Waals surface area contributed by atoms with Gasteiger partial charge in [-0.15, -0.1) is 0 Å². The maximum atomic E-state index is 13.1. The topological polar surface area (TPSA) is 87.2 Å². The van der Waals surface area contributed by atoms with Gasteiger partial charge in [0, 0.05) is 19.1 Å². The third-order valence-corrected chi connectivity index (χ3v) is 4.72. The third kappa shape index (κ3) is 4.46. The molecule has 3 N–H and O–H groups in total. The first-order chi connectivity index (χ1) is 14.2. The number of aromatic nitrogens is 2. The van der Waals surface area contributed by atoms with Crippen molar-refractivity contribution in [3.05, 3.63) is 59.0 Å². The Bertz CT molecular complexity index is 1040. The van der Waals surface area contributed by atoms with Gasteiger partial charge in [-0.05, 0) is 48.7 Å². The van der Waals surface area contributed by atoms with Crippen molar-refractivity contribution in [1.82, 2.24) is 15.5 Å².